The van der Waals surface area contributed by atoms with Crippen LogP contribution in [0.5, 0.6) is 17.2 Å². The molecule has 6 heteroatoms. The molecule has 154 valence electrons. The smallest absolute Gasteiger partial charge is 0.343 e. The van der Waals surface area contributed by atoms with Crippen molar-refractivity contribution >= 4 is 5.97 Å². The molecule has 0 bridgehead atoms. The Morgan fingerprint density at radius 2 is 1.24 bits per heavy atom. The molecule has 6 nitrogen and oxygen atoms in total. The molecule has 0 aliphatic carbocycles. The van der Waals surface area contributed by atoms with Crippen molar-refractivity contribution in [3.05, 3.63) is 52.1 Å². The van der Waals surface area contributed by atoms with Crippen LogP contribution in [-0.2, 0) is 9.47 Å². The van der Waals surface area contributed by atoms with Gasteiger partial charge < -0.3 is 23.7 Å². The molecule has 4 rings (SSSR count). The quantitative estimate of drug-likeness (QED) is 0.384. The summed E-state index contributed by atoms with van der Waals surface area (Å²) in [4.78, 5) is 12.7. The highest BCUT2D eigenvalue weighted by Gasteiger charge is 2.25. The monoisotopic (exact) mass is 398 g/mol. The van der Waals surface area contributed by atoms with Gasteiger partial charge >= 0.3 is 5.97 Å². The second kappa shape index (κ2) is 8.05. The fraction of sp³-hybridized carbons (Fsp3) is 0.435. The number of ether oxygens (including phenoxy) is 5. The Hall–Kier alpha value is -2.57. The molecule has 2 aliphatic rings. The largest absolute Gasteiger partial charge is 0.490 e. The Balaban J connectivity index is 1.45. The number of hydrogen-bond acceptors (Lipinski definition) is 6. The van der Waals surface area contributed by atoms with Gasteiger partial charge in [0.1, 0.15) is 42.7 Å². The first kappa shape index (κ1) is 19.7. The standard InChI is InChI=1S/C23H26O6/c1-13-5-17(6-14(2)21(13)27-11-19-9-25-19)23(24)29-18-7-15(3)22(16(4)8-18)28-12-20-10-26-20/h5-8,19-20H,9-12H2,1-4H3. The van der Waals surface area contributed by atoms with Gasteiger partial charge in [-0.25, -0.2) is 4.79 Å². The zero-order valence-corrected chi connectivity index (χ0v) is 17.2. The predicted octanol–water partition coefficient (Wildman–Crippen LogP) is 3.69. The zero-order valence-electron chi connectivity index (χ0n) is 17.2. The van der Waals surface area contributed by atoms with Crippen LogP contribution in [0, 0.1) is 27.7 Å². The van der Waals surface area contributed by atoms with Crippen LogP contribution in [0.2, 0.25) is 0 Å². The van der Waals surface area contributed by atoms with E-state index in [1.165, 1.54) is 0 Å². The average Bonchev–Trinajstić information content (AvgIpc) is 3.55. The normalized spacial score (nSPS) is 19.6. The molecule has 29 heavy (non-hydrogen) atoms. The molecule has 2 atom stereocenters. The van der Waals surface area contributed by atoms with Crippen LogP contribution < -0.4 is 14.2 Å². The van der Waals surface area contributed by atoms with Crippen molar-refractivity contribution in [3.8, 4) is 17.2 Å². The Kier molecular flexibility index (Phi) is 5.48. The Bertz CT molecular complexity index is 881. The summed E-state index contributed by atoms with van der Waals surface area (Å²) in [5.41, 5.74) is 4.14. The van der Waals surface area contributed by atoms with E-state index in [2.05, 4.69) is 0 Å². The number of rotatable bonds is 8. The molecule has 2 aliphatic heterocycles. The predicted molar refractivity (Wildman–Crippen MR) is 107 cm³/mol. The van der Waals surface area contributed by atoms with Crippen LogP contribution in [0.4, 0.5) is 0 Å². The maximum Gasteiger partial charge on any atom is 0.343 e. The first-order valence-electron chi connectivity index (χ1n) is 9.84. The Labute approximate surface area is 170 Å². The van der Waals surface area contributed by atoms with Gasteiger partial charge in [-0.15, -0.1) is 0 Å². The molecule has 0 radical (unpaired) electrons. The zero-order chi connectivity index (χ0) is 20.5. The van der Waals surface area contributed by atoms with E-state index in [4.69, 9.17) is 23.7 Å². The van der Waals surface area contributed by atoms with Crippen molar-refractivity contribution in [2.24, 2.45) is 0 Å². The lowest BCUT2D eigenvalue weighted by molar-refractivity contribution is 0.0734. The summed E-state index contributed by atoms with van der Waals surface area (Å²) in [7, 11) is 0. The molecular formula is C23H26O6. The molecule has 0 spiro atoms. The molecule has 0 N–H and O–H groups in total. The van der Waals surface area contributed by atoms with Gasteiger partial charge in [0.15, 0.2) is 0 Å². The van der Waals surface area contributed by atoms with E-state index in [1.54, 1.807) is 12.1 Å². The van der Waals surface area contributed by atoms with Crippen molar-refractivity contribution in [1.82, 2.24) is 0 Å². The SMILES string of the molecule is Cc1cc(OC(=O)c2cc(C)c(OCC3CO3)c(C)c2)cc(C)c1OCC1CO1. The highest BCUT2D eigenvalue weighted by atomic mass is 16.6. The van der Waals surface area contributed by atoms with E-state index in [0.717, 1.165) is 47.0 Å². The highest BCUT2D eigenvalue weighted by Crippen LogP contribution is 2.31. The van der Waals surface area contributed by atoms with Crippen molar-refractivity contribution in [1.29, 1.82) is 0 Å². The number of carbonyl (C=O) groups is 1. The molecule has 0 saturated carbocycles. The third kappa shape index (κ3) is 4.89. The second-order valence-corrected chi connectivity index (χ2v) is 7.75. The maximum atomic E-state index is 12.7. The maximum absolute atomic E-state index is 12.7. The summed E-state index contributed by atoms with van der Waals surface area (Å²) < 4.78 is 27.7. The Morgan fingerprint density at radius 1 is 0.828 bits per heavy atom. The molecule has 2 heterocycles. The van der Waals surface area contributed by atoms with E-state index < -0.39 is 5.97 Å². The summed E-state index contributed by atoms with van der Waals surface area (Å²) >= 11 is 0. The molecule has 2 aromatic rings. The van der Waals surface area contributed by atoms with Gasteiger partial charge in [-0.2, -0.15) is 0 Å². The lowest BCUT2D eigenvalue weighted by atomic mass is 10.1. The number of esters is 1. The van der Waals surface area contributed by atoms with E-state index in [1.807, 2.05) is 39.8 Å². The molecule has 2 unspecified atom stereocenters. The van der Waals surface area contributed by atoms with Crippen molar-refractivity contribution in [2.75, 3.05) is 26.4 Å². The van der Waals surface area contributed by atoms with Gasteiger partial charge in [0.25, 0.3) is 0 Å². The van der Waals surface area contributed by atoms with Crippen LogP contribution in [0.25, 0.3) is 0 Å². The van der Waals surface area contributed by atoms with E-state index in [9.17, 15) is 4.79 Å². The third-order valence-electron chi connectivity index (χ3n) is 4.97. The molecular weight excluding hydrogens is 372 g/mol. The van der Waals surface area contributed by atoms with E-state index in [0.29, 0.717) is 24.5 Å². The van der Waals surface area contributed by atoms with Crippen molar-refractivity contribution in [2.45, 2.75) is 39.9 Å². The van der Waals surface area contributed by atoms with E-state index in [-0.39, 0.29) is 12.2 Å². The van der Waals surface area contributed by atoms with Crippen LogP contribution in [-0.4, -0.2) is 44.6 Å². The van der Waals surface area contributed by atoms with Gasteiger partial charge in [-0.1, -0.05) is 0 Å². The van der Waals surface area contributed by atoms with Crippen LogP contribution in [0.15, 0.2) is 24.3 Å². The lowest BCUT2D eigenvalue weighted by Gasteiger charge is -2.15. The minimum Gasteiger partial charge on any atom is -0.490 e. The fourth-order valence-corrected chi connectivity index (χ4v) is 3.34. The van der Waals surface area contributed by atoms with E-state index >= 15 is 0 Å². The fourth-order valence-electron chi connectivity index (χ4n) is 3.34. The van der Waals surface area contributed by atoms with Gasteiger partial charge in [0.05, 0.1) is 18.8 Å². The summed E-state index contributed by atoms with van der Waals surface area (Å²) in [5.74, 6) is 1.71. The van der Waals surface area contributed by atoms with Crippen molar-refractivity contribution < 1.29 is 28.5 Å². The first-order valence-corrected chi connectivity index (χ1v) is 9.84. The topological polar surface area (TPSA) is 69.8 Å². The van der Waals surface area contributed by atoms with Gasteiger partial charge in [0.2, 0.25) is 0 Å². The number of epoxide rings is 2. The Morgan fingerprint density at radius 3 is 1.66 bits per heavy atom. The third-order valence-corrected chi connectivity index (χ3v) is 4.97. The van der Waals surface area contributed by atoms with Gasteiger partial charge in [-0.05, 0) is 74.2 Å². The van der Waals surface area contributed by atoms with Gasteiger partial charge in [-0.3, -0.25) is 0 Å². The number of benzene rings is 2. The van der Waals surface area contributed by atoms with Crippen molar-refractivity contribution in [3.63, 3.8) is 0 Å². The summed E-state index contributed by atoms with van der Waals surface area (Å²) in [6.07, 6.45) is 0.384. The minimum absolute atomic E-state index is 0.189. The van der Waals surface area contributed by atoms with Crippen LogP contribution in [0.3, 0.4) is 0 Å². The van der Waals surface area contributed by atoms with Gasteiger partial charge in [0, 0.05) is 0 Å². The number of hydrogen-bond donors (Lipinski definition) is 0. The number of aryl methyl sites for hydroxylation is 4. The van der Waals surface area contributed by atoms with Crippen LogP contribution in [0.1, 0.15) is 32.6 Å². The molecule has 2 fully saturated rings. The average molecular weight is 398 g/mol. The lowest BCUT2D eigenvalue weighted by Crippen LogP contribution is -2.12. The molecule has 2 aromatic carbocycles. The summed E-state index contributed by atoms with van der Waals surface area (Å²) in [6.45, 7) is 10.3. The molecule has 2 saturated heterocycles. The molecule has 0 amide bonds. The first-order chi connectivity index (χ1) is 13.9. The highest BCUT2D eigenvalue weighted by molar-refractivity contribution is 5.92. The minimum atomic E-state index is -0.396. The second-order valence-electron chi connectivity index (χ2n) is 7.75. The van der Waals surface area contributed by atoms with Crippen LogP contribution >= 0.6 is 0 Å². The summed E-state index contributed by atoms with van der Waals surface area (Å²) in [6, 6.07) is 7.23. The summed E-state index contributed by atoms with van der Waals surface area (Å²) in [5, 5.41) is 0. The molecule has 0 aromatic heterocycles. The number of carbonyl (C=O) groups excluding carboxylic acids is 1.